The molecule has 1 amide bonds. The van der Waals surface area contributed by atoms with Gasteiger partial charge in [0.2, 0.25) is 5.91 Å². The molecule has 2 atom stereocenters. The molecule has 0 aliphatic carbocycles. The Balaban J connectivity index is 1.84. The number of nitrogens with zero attached hydrogens (tertiary/aromatic N) is 1. The molecular formula is C17H21NO4S. The number of carbonyl (C=O) groups is 3. The van der Waals surface area contributed by atoms with E-state index in [0.29, 0.717) is 24.4 Å². The summed E-state index contributed by atoms with van der Waals surface area (Å²) < 4.78 is 0. The quantitative estimate of drug-likeness (QED) is 0.808. The van der Waals surface area contributed by atoms with Crippen molar-refractivity contribution in [1.29, 1.82) is 0 Å². The molecular weight excluding hydrogens is 314 g/mol. The summed E-state index contributed by atoms with van der Waals surface area (Å²) >= 11 is 1.24. The fraction of sp³-hybridized carbons (Fsp3) is 0.471. The summed E-state index contributed by atoms with van der Waals surface area (Å²) in [6, 6.07) is 8.20. The van der Waals surface area contributed by atoms with Gasteiger partial charge >= 0.3 is 5.97 Å². The molecule has 1 aliphatic rings. The number of piperidine rings is 1. The Morgan fingerprint density at radius 1 is 1.22 bits per heavy atom. The maximum Gasteiger partial charge on any atom is 0.326 e. The number of carbonyl (C=O) groups excluding carboxylic acids is 2. The third-order valence-electron chi connectivity index (χ3n) is 4.02. The fourth-order valence-corrected chi connectivity index (χ4v) is 3.49. The van der Waals surface area contributed by atoms with E-state index in [1.807, 2.05) is 13.0 Å². The van der Waals surface area contributed by atoms with E-state index in [2.05, 4.69) is 0 Å². The van der Waals surface area contributed by atoms with Crippen molar-refractivity contribution in [2.45, 2.75) is 25.8 Å². The molecule has 1 aliphatic heterocycles. The number of rotatable bonds is 6. The van der Waals surface area contributed by atoms with E-state index >= 15 is 0 Å². The highest BCUT2D eigenvalue weighted by Gasteiger charge is 2.34. The van der Waals surface area contributed by atoms with Crippen molar-refractivity contribution in [3.8, 4) is 0 Å². The van der Waals surface area contributed by atoms with E-state index in [0.717, 1.165) is 6.42 Å². The van der Waals surface area contributed by atoms with Crippen LogP contribution in [-0.4, -0.2) is 51.8 Å². The maximum absolute atomic E-state index is 12.3. The van der Waals surface area contributed by atoms with Gasteiger partial charge in [-0.25, -0.2) is 4.79 Å². The average Bonchev–Trinajstić information content (AvgIpc) is 2.55. The van der Waals surface area contributed by atoms with Crippen LogP contribution in [0.2, 0.25) is 0 Å². The van der Waals surface area contributed by atoms with E-state index in [1.165, 1.54) is 16.7 Å². The van der Waals surface area contributed by atoms with Gasteiger partial charge in [0.25, 0.3) is 0 Å². The van der Waals surface area contributed by atoms with Gasteiger partial charge in [0.05, 0.1) is 11.5 Å². The number of aliphatic carboxylic acids is 1. The average molecular weight is 335 g/mol. The first-order chi connectivity index (χ1) is 11.0. The number of thioether (sulfide) groups is 1. The molecule has 1 aromatic carbocycles. The molecule has 0 spiro atoms. The first kappa shape index (κ1) is 17.5. The number of amides is 1. The molecule has 1 heterocycles. The summed E-state index contributed by atoms with van der Waals surface area (Å²) in [4.78, 5) is 37.0. The third kappa shape index (κ3) is 4.82. The van der Waals surface area contributed by atoms with Crippen molar-refractivity contribution in [1.82, 2.24) is 4.90 Å². The van der Waals surface area contributed by atoms with Crippen LogP contribution in [0.1, 0.15) is 30.1 Å². The number of ketones is 1. The van der Waals surface area contributed by atoms with Crippen molar-refractivity contribution in [2.24, 2.45) is 5.92 Å². The molecule has 23 heavy (non-hydrogen) atoms. The molecule has 2 unspecified atom stereocenters. The fourth-order valence-electron chi connectivity index (χ4n) is 2.70. The lowest BCUT2D eigenvalue weighted by Gasteiger charge is -2.36. The molecule has 5 nitrogen and oxygen atoms in total. The predicted octanol–water partition coefficient (Wildman–Crippen LogP) is 2.31. The Labute approximate surface area is 140 Å². The standard InChI is InChI=1S/C17H21NO4S/c1-12-7-8-18(14(9-12)17(21)22)16(20)11-23-10-15(19)13-5-3-2-4-6-13/h2-6,12,14H,7-11H2,1H3,(H,21,22). The Morgan fingerprint density at radius 2 is 1.91 bits per heavy atom. The van der Waals surface area contributed by atoms with Crippen molar-refractivity contribution < 1.29 is 19.5 Å². The van der Waals surface area contributed by atoms with Crippen LogP contribution in [0.4, 0.5) is 0 Å². The monoisotopic (exact) mass is 335 g/mol. The van der Waals surface area contributed by atoms with Gasteiger partial charge in [-0.15, -0.1) is 11.8 Å². The normalized spacial score (nSPS) is 21.0. The zero-order valence-electron chi connectivity index (χ0n) is 13.1. The smallest absolute Gasteiger partial charge is 0.326 e. The molecule has 0 radical (unpaired) electrons. The number of benzene rings is 1. The predicted molar refractivity (Wildman–Crippen MR) is 89.6 cm³/mol. The van der Waals surface area contributed by atoms with Crippen LogP contribution >= 0.6 is 11.8 Å². The molecule has 0 aromatic heterocycles. The summed E-state index contributed by atoms with van der Waals surface area (Å²) in [6.45, 7) is 2.48. The van der Waals surface area contributed by atoms with E-state index < -0.39 is 12.0 Å². The van der Waals surface area contributed by atoms with E-state index in [-0.39, 0.29) is 23.2 Å². The molecule has 1 N–H and O–H groups in total. The minimum atomic E-state index is -0.949. The van der Waals surface area contributed by atoms with Crippen molar-refractivity contribution in [3.05, 3.63) is 35.9 Å². The summed E-state index contributed by atoms with van der Waals surface area (Å²) in [5.41, 5.74) is 0.627. The summed E-state index contributed by atoms with van der Waals surface area (Å²) in [7, 11) is 0. The minimum absolute atomic E-state index is 0.0227. The van der Waals surface area contributed by atoms with Crippen LogP contribution < -0.4 is 0 Å². The van der Waals surface area contributed by atoms with E-state index in [9.17, 15) is 19.5 Å². The molecule has 0 saturated carbocycles. The second-order valence-electron chi connectivity index (χ2n) is 5.85. The first-order valence-corrected chi connectivity index (χ1v) is 8.82. The minimum Gasteiger partial charge on any atom is -0.480 e. The highest BCUT2D eigenvalue weighted by Crippen LogP contribution is 2.23. The maximum atomic E-state index is 12.3. The van der Waals surface area contributed by atoms with Crippen molar-refractivity contribution in [2.75, 3.05) is 18.1 Å². The first-order valence-electron chi connectivity index (χ1n) is 7.67. The SMILES string of the molecule is CC1CCN(C(=O)CSCC(=O)c2ccccc2)C(C(=O)O)C1. The lowest BCUT2D eigenvalue weighted by molar-refractivity contribution is -0.151. The van der Waals surface area contributed by atoms with Crippen LogP contribution in [0.3, 0.4) is 0 Å². The van der Waals surface area contributed by atoms with Gasteiger partial charge in [-0.3, -0.25) is 9.59 Å². The van der Waals surface area contributed by atoms with Gasteiger partial charge in [-0.1, -0.05) is 37.3 Å². The number of hydrogen-bond acceptors (Lipinski definition) is 4. The molecule has 0 bridgehead atoms. The third-order valence-corrected chi connectivity index (χ3v) is 4.94. The van der Waals surface area contributed by atoms with Gasteiger partial charge in [-0.05, 0) is 18.8 Å². The number of carboxylic acids is 1. The van der Waals surface area contributed by atoms with Gasteiger partial charge in [0.15, 0.2) is 5.78 Å². The van der Waals surface area contributed by atoms with E-state index in [4.69, 9.17) is 0 Å². The number of hydrogen-bond donors (Lipinski definition) is 1. The second-order valence-corrected chi connectivity index (χ2v) is 6.84. The lowest BCUT2D eigenvalue weighted by atomic mass is 9.92. The van der Waals surface area contributed by atoms with Gasteiger partial charge in [0.1, 0.15) is 6.04 Å². The Kier molecular flexibility index (Phi) is 6.21. The summed E-state index contributed by atoms with van der Waals surface area (Å²) in [6.07, 6.45) is 1.32. The van der Waals surface area contributed by atoms with Crippen molar-refractivity contribution in [3.63, 3.8) is 0 Å². The van der Waals surface area contributed by atoms with Crippen molar-refractivity contribution >= 4 is 29.4 Å². The molecule has 6 heteroatoms. The molecule has 1 fully saturated rings. The Hall–Kier alpha value is -1.82. The number of Topliss-reactive ketones (excluding diaryl/α,β-unsaturated/α-hetero) is 1. The molecule has 124 valence electrons. The molecule has 1 saturated heterocycles. The molecule has 2 rings (SSSR count). The Bertz CT molecular complexity index is 575. The Morgan fingerprint density at radius 3 is 2.57 bits per heavy atom. The zero-order chi connectivity index (χ0) is 16.8. The largest absolute Gasteiger partial charge is 0.480 e. The van der Waals surface area contributed by atoms with Gasteiger partial charge in [-0.2, -0.15) is 0 Å². The highest BCUT2D eigenvalue weighted by atomic mass is 32.2. The molecule has 1 aromatic rings. The summed E-state index contributed by atoms with van der Waals surface area (Å²) in [5.74, 6) is -0.502. The zero-order valence-corrected chi connectivity index (χ0v) is 13.9. The van der Waals surface area contributed by atoms with Crippen LogP contribution in [-0.2, 0) is 9.59 Å². The van der Waals surface area contributed by atoms with Gasteiger partial charge in [0, 0.05) is 12.1 Å². The topological polar surface area (TPSA) is 74.7 Å². The van der Waals surface area contributed by atoms with Crippen LogP contribution in [0, 0.1) is 5.92 Å². The lowest BCUT2D eigenvalue weighted by Crippen LogP contribution is -2.50. The number of carboxylic acid groups (broad SMARTS) is 1. The highest BCUT2D eigenvalue weighted by molar-refractivity contribution is 8.00. The van der Waals surface area contributed by atoms with Crippen LogP contribution in [0.5, 0.6) is 0 Å². The van der Waals surface area contributed by atoms with Crippen LogP contribution in [0.15, 0.2) is 30.3 Å². The van der Waals surface area contributed by atoms with Gasteiger partial charge < -0.3 is 10.0 Å². The second kappa shape index (κ2) is 8.15. The number of likely N-dealkylation sites (tertiary alicyclic amines) is 1. The van der Waals surface area contributed by atoms with E-state index in [1.54, 1.807) is 24.3 Å². The van der Waals surface area contributed by atoms with Crippen LogP contribution in [0.25, 0.3) is 0 Å². The summed E-state index contributed by atoms with van der Waals surface area (Å²) in [5, 5.41) is 9.28.